The number of anilines is 1. The van der Waals surface area contributed by atoms with E-state index in [0.29, 0.717) is 24.5 Å². The number of methoxy groups -OCH3 is 1. The van der Waals surface area contributed by atoms with Crippen LogP contribution in [0.5, 0.6) is 5.75 Å². The van der Waals surface area contributed by atoms with E-state index in [-0.39, 0.29) is 17.8 Å². The lowest BCUT2D eigenvalue weighted by molar-refractivity contribution is 0.100. The zero-order valence-corrected chi connectivity index (χ0v) is 25.2. The quantitative estimate of drug-likeness (QED) is 0.289. The summed E-state index contributed by atoms with van der Waals surface area (Å²) in [5, 5.41) is 0.741. The zero-order valence-electron chi connectivity index (χ0n) is 23.6. The maximum absolute atomic E-state index is 13.2. The van der Waals surface area contributed by atoms with Crippen LogP contribution in [0.1, 0.15) is 61.0 Å². The molecule has 5 rings (SSSR count). The molecule has 6 nitrogen and oxygen atoms in total. The highest BCUT2D eigenvalue weighted by Crippen LogP contribution is 2.45. The fraction of sp³-hybridized carbons (Fsp3) is 0.469. The number of fused-ring (bicyclic) bond motifs is 3. The van der Waals surface area contributed by atoms with Crippen molar-refractivity contribution in [3.8, 4) is 5.75 Å². The summed E-state index contributed by atoms with van der Waals surface area (Å²) in [6, 6.07) is 11.6. The van der Waals surface area contributed by atoms with Gasteiger partial charge >= 0.3 is 0 Å². The van der Waals surface area contributed by atoms with Gasteiger partial charge in [-0.2, -0.15) is 4.36 Å². The number of benzene rings is 2. The number of carbonyl (C=O) groups excluding carboxylic acids is 1. The van der Waals surface area contributed by atoms with E-state index in [9.17, 15) is 9.00 Å². The van der Waals surface area contributed by atoms with Crippen molar-refractivity contribution in [1.29, 1.82) is 0 Å². The van der Waals surface area contributed by atoms with Crippen molar-refractivity contribution in [1.82, 2.24) is 0 Å². The van der Waals surface area contributed by atoms with Gasteiger partial charge in [0.2, 0.25) is 0 Å². The average Bonchev–Trinajstić information content (AvgIpc) is 2.95. The molecule has 0 spiro atoms. The average molecular weight is 583 g/mol. The number of amides is 1. The van der Waals surface area contributed by atoms with Crippen molar-refractivity contribution in [3.63, 3.8) is 0 Å². The zero-order chi connectivity index (χ0) is 28.2. The van der Waals surface area contributed by atoms with Crippen LogP contribution in [0.25, 0.3) is 0 Å². The Balaban J connectivity index is 1.63. The second-order valence-electron chi connectivity index (χ2n) is 11.2. The minimum atomic E-state index is -1.99. The van der Waals surface area contributed by atoms with Crippen LogP contribution in [0.2, 0.25) is 5.02 Å². The summed E-state index contributed by atoms with van der Waals surface area (Å²) in [4.78, 5) is 15.5. The number of halogens is 1. The molecule has 2 heterocycles. The van der Waals surface area contributed by atoms with Gasteiger partial charge in [-0.1, -0.05) is 36.7 Å². The third kappa shape index (κ3) is 6.41. The van der Waals surface area contributed by atoms with Crippen molar-refractivity contribution < 1.29 is 18.5 Å². The fourth-order valence-corrected chi connectivity index (χ4v) is 7.39. The van der Waals surface area contributed by atoms with E-state index in [1.165, 1.54) is 16.7 Å². The van der Waals surface area contributed by atoms with E-state index < -0.39 is 16.5 Å². The number of carbonyl (C=O) groups is 1. The number of hydrogen-bond acceptors (Lipinski definition) is 5. The Hall–Kier alpha value is -2.77. The number of nitrogens with zero attached hydrogens (tertiary/aromatic N) is 2. The number of hydrogen-bond donors (Lipinski definition) is 1. The van der Waals surface area contributed by atoms with E-state index >= 15 is 0 Å². The molecule has 1 amide bonds. The van der Waals surface area contributed by atoms with Gasteiger partial charge in [0.15, 0.2) is 0 Å². The van der Waals surface area contributed by atoms with Crippen LogP contribution in [-0.4, -0.2) is 36.1 Å². The topological polar surface area (TPSA) is 68.2 Å². The van der Waals surface area contributed by atoms with Gasteiger partial charge in [-0.05, 0) is 92.0 Å². The highest BCUT2D eigenvalue weighted by atomic mass is 35.5. The Bertz CT molecular complexity index is 1410. The van der Waals surface area contributed by atoms with E-state index in [4.69, 9.17) is 21.1 Å². The molecule has 0 aromatic heterocycles. The number of allylic oxidation sites excluding steroid dienone is 3. The molecule has 2 aromatic rings. The Morgan fingerprint density at radius 1 is 1.07 bits per heavy atom. The third-order valence-electron chi connectivity index (χ3n) is 8.34. The molecule has 0 saturated heterocycles. The summed E-state index contributed by atoms with van der Waals surface area (Å²) >= 11 is 6.41. The maximum atomic E-state index is 13.2. The lowest BCUT2D eigenvalue weighted by Gasteiger charge is -2.42. The van der Waals surface area contributed by atoms with Gasteiger partial charge in [-0.25, -0.2) is 0 Å². The molecular formula is C32H39ClN2O4S. The Morgan fingerprint density at radius 2 is 1.90 bits per heavy atom. The van der Waals surface area contributed by atoms with E-state index in [0.717, 1.165) is 60.9 Å². The molecule has 2 aromatic carbocycles. The van der Waals surface area contributed by atoms with Crippen molar-refractivity contribution in [3.05, 3.63) is 81.6 Å². The highest BCUT2D eigenvalue weighted by Gasteiger charge is 2.40. The molecular weight excluding hydrogens is 544 g/mol. The Morgan fingerprint density at radius 3 is 2.73 bits per heavy atom. The first-order chi connectivity index (χ1) is 19.3. The fourth-order valence-electron chi connectivity index (χ4n) is 6.12. The molecule has 0 fully saturated rings. The van der Waals surface area contributed by atoms with Gasteiger partial charge in [0.25, 0.3) is 5.91 Å². The normalized spacial score (nSPS) is 27.1. The van der Waals surface area contributed by atoms with Crippen LogP contribution < -0.4 is 9.64 Å². The predicted molar refractivity (Wildman–Crippen MR) is 163 cm³/mol. The molecule has 1 unspecified atom stereocenters. The molecule has 0 radical (unpaired) electrons. The summed E-state index contributed by atoms with van der Waals surface area (Å²) < 4.78 is 29.0. The molecule has 0 N–H and O–H groups in total. The summed E-state index contributed by atoms with van der Waals surface area (Å²) in [7, 11) is -0.230. The SMILES string of the molecule is COC1=C(C)[C@H]2CN3Cc4ccc(Cl)cc4CCCCOc4ccc(cc43)C(=O)/N=[SH](=O)\C[C@@H](C)C/C=C/C[C@H]12. The first-order valence-electron chi connectivity index (χ1n) is 14.2. The van der Waals surface area contributed by atoms with Gasteiger partial charge in [-0.15, -0.1) is 0 Å². The van der Waals surface area contributed by atoms with E-state index in [1.54, 1.807) is 13.2 Å². The molecule has 40 heavy (non-hydrogen) atoms. The number of aryl methyl sites for hydroxylation is 1. The van der Waals surface area contributed by atoms with Gasteiger partial charge in [0.1, 0.15) is 5.75 Å². The smallest absolute Gasteiger partial charge is 0.284 e. The summed E-state index contributed by atoms with van der Waals surface area (Å²) in [5.74, 6) is 2.49. The first-order valence-corrected chi connectivity index (χ1v) is 16.0. The number of thiol groups is 1. The molecule has 4 atom stereocenters. The van der Waals surface area contributed by atoms with E-state index in [2.05, 4.69) is 47.4 Å². The summed E-state index contributed by atoms with van der Waals surface area (Å²) in [6.07, 6.45) is 8.92. The monoisotopic (exact) mass is 582 g/mol. The van der Waals surface area contributed by atoms with Crippen LogP contribution in [0.3, 0.4) is 0 Å². The standard InChI is InChI=1S/C32H39ClN2O4S/c1-21-8-4-5-10-27-28(22(2)31(27)38-3)19-35-18-25-11-13-26(33)16-23(25)9-6-7-15-39-30-14-12-24(17-29(30)35)32(36)34-40(37)20-21/h4-5,11-14,16-17,21,27-28,40H,6-10,15,18-20H2,1-3H3/b5-4+/t21-,27-,28+/m0/s1. The molecule has 2 bridgehead atoms. The van der Waals surface area contributed by atoms with E-state index in [1.807, 2.05) is 18.2 Å². The van der Waals surface area contributed by atoms with Gasteiger partial charge in [0.05, 0.1) is 25.2 Å². The second-order valence-corrected chi connectivity index (χ2v) is 12.9. The van der Waals surface area contributed by atoms with Crippen LogP contribution in [0, 0.1) is 17.8 Å². The minimum Gasteiger partial charge on any atom is -0.501 e. The lowest BCUT2D eigenvalue weighted by atomic mass is 9.71. The largest absolute Gasteiger partial charge is 0.501 e. The summed E-state index contributed by atoms with van der Waals surface area (Å²) in [6.45, 7) is 6.20. The van der Waals surface area contributed by atoms with Crippen molar-refractivity contribution in [2.24, 2.45) is 22.1 Å². The van der Waals surface area contributed by atoms with Crippen LogP contribution in [0.4, 0.5) is 5.69 Å². The lowest BCUT2D eigenvalue weighted by Crippen LogP contribution is -2.40. The first kappa shape index (κ1) is 28.7. The molecule has 3 aliphatic rings. The second kappa shape index (κ2) is 12.8. The summed E-state index contributed by atoms with van der Waals surface area (Å²) in [5.41, 5.74) is 5.01. The molecule has 214 valence electrons. The number of ether oxygens (including phenoxy) is 2. The van der Waals surface area contributed by atoms with Crippen LogP contribution >= 0.6 is 11.6 Å². The highest BCUT2D eigenvalue weighted by molar-refractivity contribution is 7.75. The van der Waals surface area contributed by atoms with Crippen molar-refractivity contribution in [2.45, 2.75) is 52.5 Å². The predicted octanol–water partition coefficient (Wildman–Crippen LogP) is 7.02. The molecule has 0 saturated carbocycles. The third-order valence-corrected chi connectivity index (χ3v) is 9.92. The van der Waals surface area contributed by atoms with Crippen LogP contribution in [0.15, 0.2) is 64.2 Å². The molecule has 2 aliphatic heterocycles. The minimum absolute atomic E-state index is 0.172. The van der Waals surface area contributed by atoms with Gasteiger partial charge in [0, 0.05) is 51.9 Å². The molecule has 8 heteroatoms. The molecule has 1 aliphatic carbocycles. The Labute approximate surface area is 244 Å². The number of rotatable bonds is 1. The van der Waals surface area contributed by atoms with Gasteiger partial charge in [-0.3, -0.25) is 9.00 Å². The van der Waals surface area contributed by atoms with Crippen LogP contribution in [-0.2, 0) is 28.3 Å². The van der Waals surface area contributed by atoms with Gasteiger partial charge < -0.3 is 14.4 Å². The Kier molecular flexibility index (Phi) is 9.21. The van der Waals surface area contributed by atoms with Crippen molar-refractivity contribution in [2.75, 3.05) is 30.9 Å². The van der Waals surface area contributed by atoms with Crippen molar-refractivity contribution >= 4 is 33.8 Å². The maximum Gasteiger partial charge on any atom is 0.284 e.